The highest BCUT2D eigenvalue weighted by Gasteiger charge is 2.30. The summed E-state index contributed by atoms with van der Waals surface area (Å²) in [5.41, 5.74) is 0.572. The van der Waals surface area contributed by atoms with E-state index in [0.717, 1.165) is 11.8 Å². The van der Waals surface area contributed by atoms with Gasteiger partial charge in [0.2, 0.25) is 0 Å². The summed E-state index contributed by atoms with van der Waals surface area (Å²) in [4.78, 5) is 13.2. The molecule has 0 heterocycles. The molecule has 0 N–H and O–H groups in total. The van der Waals surface area contributed by atoms with Gasteiger partial charge in [-0.05, 0) is 44.6 Å². The van der Waals surface area contributed by atoms with Gasteiger partial charge < -0.3 is 4.79 Å². The molecule has 1 aromatic carbocycles. The first-order chi connectivity index (χ1) is 7.54. The van der Waals surface area contributed by atoms with E-state index in [-0.39, 0.29) is 0 Å². The lowest BCUT2D eigenvalue weighted by atomic mass is 9.88. The molecule has 0 aliphatic heterocycles. The Bertz CT molecular complexity index is 347. The molecule has 87 valence electrons. The summed E-state index contributed by atoms with van der Waals surface area (Å²) < 4.78 is 0. The van der Waals surface area contributed by atoms with Crippen molar-refractivity contribution in [3.05, 3.63) is 41.8 Å². The van der Waals surface area contributed by atoms with Crippen molar-refractivity contribution in [2.75, 3.05) is 14.1 Å². The predicted octanol–water partition coefficient (Wildman–Crippen LogP) is 2.61. The Morgan fingerprint density at radius 2 is 1.94 bits per heavy atom. The van der Waals surface area contributed by atoms with E-state index in [1.807, 2.05) is 43.3 Å². The first-order valence-corrected chi connectivity index (χ1v) is 5.59. The number of halogens is 1. The predicted molar refractivity (Wildman–Crippen MR) is 67.6 cm³/mol. The van der Waals surface area contributed by atoms with Crippen LogP contribution in [0.2, 0.25) is 5.02 Å². The van der Waals surface area contributed by atoms with Crippen molar-refractivity contribution in [1.82, 2.24) is 4.90 Å². The van der Waals surface area contributed by atoms with Crippen LogP contribution >= 0.6 is 11.6 Å². The summed E-state index contributed by atoms with van der Waals surface area (Å²) in [6.45, 7) is 3.87. The normalized spacial score (nSPS) is 14.8. The summed E-state index contributed by atoms with van der Waals surface area (Å²) in [5.74, 6) is 0. The number of carbonyl (C=O) groups excluding carboxylic acids is 1. The number of likely N-dealkylation sites (N-methyl/N-ethyl adjacent to an activating group) is 1. The van der Waals surface area contributed by atoms with E-state index in [9.17, 15) is 4.79 Å². The molecular weight excluding hydrogens is 222 g/mol. The Balaban J connectivity index is 2.91. The Morgan fingerprint density at radius 1 is 1.38 bits per heavy atom. The molecule has 1 rings (SSSR count). The maximum atomic E-state index is 11.3. The van der Waals surface area contributed by atoms with Crippen molar-refractivity contribution in [3.63, 3.8) is 0 Å². The number of carbonyl (C=O) groups is 1. The van der Waals surface area contributed by atoms with Crippen LogP contribution in [0, 0.1) is 6.92 Å². The monoisotopic (exact) mass is 238 g/mol. The van der Waals surface area contributed by atoms with Crippen LogP contribution in [0.25, 0.3) is 0 Å². The van der Waals surface area contributed by atoms with Crippen LogP contribution in [-0.2, 0) is 11.2 Å². The van der Waals surface area contributed by atoms with Crippen LogP contribution in [0.5, 0.6) is 0 Å². The van der Waals surface area contributed by atoms with E-state index < -0.39 is 5.54 Å². The summed E-state index contributed by atoms with van der Waals surface area (Å²) >= 11 is 5.82. The summed E-state index contributed by atoms with van der Waals surface area (Å²) in [6, 6.07) is 7.57. The maximum Gasteiger partial charge on any atom is 0.140 e. The van der Waals surface area contributed by atoms with Gasteiger partial charge >= 0.3 is 0 Å². The van der Waals surface area contributed by atoms with Gasteiger partial charge in [-0.15, -0.1) is 0 Å². The van der Waals surface area contributed by atoms with Gasteiger partial charge in [0, 0.05) is 5.02 Å². The lowest BCUT2D eigenvalue weighted by Gasteiger charge is -2.34. The number of rotatable bonds is 5. The quantitative estimate of drug-likeness (QED) is 0.735. The molecule has 16 heavy (non-hydrogen) atoms. The molecule has 1 aromatic rings. The van der Waals surface area contributed by atoms with Crippen molar-refractivity contribution in [2.45, 2.75) is 18.4 Å². The van der Waals surface area contributed by atoms with E-state index >= 15 is 0 Å². The highest BCUT2D eigenvalue weighted by molar-refractivity contribution is 6.30. The molecule has 3 heteroatoms. The fourth-order valence-corrected chi connectivity index (χ4v) is 1.76. The zero-order valence-corrected chi connectivity index (χ0v) is 10.5. The van der Waals surface area contributed by atoms with Crippen LogP contribution < -0.4 is 0 Å². The van der Waals surface area contributed by atoms with E-state index in [4.69, 9.17) is 11.6 Å². The van der Waals surface area contributed by atoms with Crippen molar-refractivity contribution < 1.29 is 4.79 Å². The molecule has 0 fully saturated rings. The zero-order chi connectivity index (χ0) is 12.2. The highest BCUT2D eigenvalue weighted by atomic mass is 35.5. The average Bonchev–Trinajstić information content (AvgIpc) is 2.28. The Labute approximate surface area is 102 Å². The van der Waals surface area contributed by atoms with Gasteiger partial charge in [-0.25, -0.2) is 0 Å². The second kappa shape index (κ2) is 5.46. The van der Waals surface area contributed by atoms with Crippen molar-refractivity contribution in [2.24, 2.45) is 0 Å². The molecule has 0 bridgehead atoms. The summed E-state index contributed by atoms with van der Waals surface area (Å²) in [7, 11) is 3.80. The molecule has 1 radical (unpaired) electrons. The second-order valence-corrected chi connectivity index (χ2v) is 4.61. The Kier molecular flexibility index (Phi) is 4.51. The smallest absolute Gasteiger partial charge is 0.140 e. The van der Waals surface area contributed by atoms with Crippen LogP contribution in [0.1, 0.15) is 12.0 Å². The Hall–Kier alpha value is -0.860. The fraction of sp³-hybridized carbons (Fsp3) is 0.385. The fourth-order valence-electron chi connectivity index (χ4n) is 1.63. The molecule has 0 spiro atoms. The van der Waals surface area contributed by atoms with Crippen molar-refractivity contribution >= 4 is 17.9 Å². The SMILES string of the molecule is [CH2]CC(C=O)(Cc1ccc(Cl)cc1)N(C)C. The third kappa shape index (κ3) is 2.83. The number of aldehydes is 1. The van der Waals surface area contributed by atoms with Gasteiger partial charge in [0.15, 0.2) is 0 Å². The highest BCUT2D eigenvalue weighted by Crippen LogP contribution is 2.21. The van der Waals surface area contributed by atoms with Crippen LogP contribution in [0.3, 0.4) is 0 Å². The number of nitrogens with zero attached hydrogens (tertiary/aromatic N) is 1. The molecule has 1 atom stereocenters. The summed E-state index contributed by atoms with van der Waals surface area (Å²) in [5, 5.41) is 0.708. The van der Waals surface area contributed by atoms with Gasteiger partial charge in [-0.1, -0.05) is 30.7 Å². The topological polar surface area (TPSA) is 20.3 Å². The number of benzene rings is 1. The largest absolute Gasteiger partial charge is 0.301 e. The summed E-state index contributed by atoms with van der Waals surface area (Å²) in [6.07, 6.45) is 2.19. The Morgan fingerprint density at radius 3 is 2.31 bits per heavy atom. The molecule has 0 saturated heterocycles. The molecule has 0 aliphatic carbocycles. The van der Waals surface area contributed by atoms with Gasteiger partial charge in [-0.3, -0.25) is 4.90 Å². The third-order valence-corrected chi connectivity index (χ3v) is 3.22. The van der Waals surface area contributed by atoms with Crippen molar-refractivity contribution in [1.29, 1.82) is 0 Å². The lowest BCUT2D eigenvalue weighted by molar-refractivity contribution is -0.117. The van der Waals surface area contributed by atoms with E-state index in [1.54, 1.807) is 0 Å². The molecule has 1 unspecified atom stereocenters. The third-order valence-electron chi connectivity index (χ3n) is 2.97. The minimum atomic E-state index is -0.520. The number of hydrogen-bond acceptors (Lipinski definition) is 2. The van der Waals surface area contributed by atoms with Gasteiger partial charge in [0.05, 0.1) is 5.54 Å². The first-order valence-electron chi connectivity index (χ1n) is 5.21. The average molecular weight is 239 g/mol. The minimum Gasteiger partial charge on any atom is -0.301 e. The standard InChI is InChI=1S/C13H17ClNO/c1-4-13(10-16,15(2)3)9-11-5-7-12(14)8-6-11/h5-8,10H,1,4,9H2,2-3H3. The molecular formula is C13H17ClNO. The maximum absolute atomic E-state index is 11.3. The van der Waals surface area contributed by atoms with E-state index in [2.05, 4.69) is 6.92 Å². The number of hydrogen-bond donors (Lipinski definition) is 0. The van der Waals surface area contributed by atoms with Crippen LogP contribution in [0.15, 0.2) is 24.3 Å². The van der Waals surface area contributed by atoms with Gasteiger partial charge in [0.25, 0.3) is 0 Å². The van der Waals surface area contributed by atoms with Crippen LogP contribution in [0.4, 0.5) is 0 Å². The van der Waals surface area contributed by atoms with E-state index in [0.29, 0.717) is 17.9 Å². The van der Waals surface area contributed by atoms with Gasteiger partial charge in [-0.2, -0.15) is 0 Å². The lowest BCUT2D eigenvalue weighted by Crippen LogP contribution is -2.47. The van der Waals surface area contributed by atoms with Crippen molar-refractivity contribution in [3.8, 4) is 0 Å². The molecule has 2 nitrogen and oxygen atoms in total. The molecule has 0 aromatic heterocycles. The molecule has 0 amide bonds. The molecule has 0 saturated carbocycles. The second-order valence-electron chi connectivity index (χ2n) is 4.17. The molecule has 0 aliphatic rings. The van der Waals surface area contributed by atoms with Gasteiger partial charge in [0.1, 0.15) is 6.29 Å². The first kappa shape index (κ1) is 13.2. The van der Waals surface area contributed by atoms with Crippen LogP contribution in [-0.4, -0.2) is 30.8 Å². The van der Waals surface area contributed by atoms with E-state index in [1.165, 1.54) is 0 Å². The zero-order valence-electron chi connectivity index (χ0n) is 9.74. The minimum absolute atomic E-state index is 0.520.